The molecule has 0 radical (unpaired) electrons. The van der Waals surface area contributed by atoms with Crippen LogP contribution < -0.4 is 5.32 Å². The van der Waals surface area contributed by atoms with Gasteiger partial charge < -0.3 is 9.88 Å². The second-order valence-corrected chi connectivity index (χ2v) is 5.20. The lowest BCUT2D eigenvalue weighted by Gasteiger charge is -2.09. The van der Waals surface area contributed by atoms with E-state index >= 15 is 0 Å². The molecule has 0 aliphatic carbocycles. The van der Waals surface area contributed by atoms with Crippen molar-refractivity contribution in [2.75, 3.05) is 5.32 Å². The van der Waals surface area contributed by atoms with Gasteiger partial charge in [0.2, 0.25) is 5.95 Å². The lowest BCUT2D eigenvalue weighted by molar-refractivity contribution is 0.560. The molecule has 0 saturated carbocycles. The Balaban J connectivity index is 1.77. The lowest BCUT2D eigenvalue weighted by atomic mass is 10.1. The molecule has 2 rings (SSSR count). The van der Waals surface area contributed by atoms with Crippen LogP contribution in [0.25, 0.3) is 0 Å². The molecule has 108 valence electrons. The van der Waals surface area contributed by atoms with Gasteiger partial charge in [0.05, 0.1) is 0 Å². The van der Waals surface area contributed by atoms with Gasteiger partial charge in [-0.3, -0.25) is 0 Å². The molecular formula is C17H25N3. The third-order valence-corrected chi connectivity index (χ3v) is 3.50. The number of para-hydroxylation sites is 1. The Kier molecular flexibility index (Phi) is 6.15. The molecule has 0 amide bonds. The molecule has 3 nitrogen and oxygen atoms in total. The molecule has 2 aromatic rings. The first-order chi connectivity index (χ1) is 9.90. The third-order valence-electron chi connectivity index (χ3n) is 3.50. The number of nitrogens with one attached hydrogen (secondary N) is 1. The number of aromatic nitrogens is 2. The van der Waals surface area contributed by atoms with Gasteiger partial charge in [0.15, 0.2) is 0 Å². The molecule has 1 heterocycles. The van der Waals surface area contributed by atoms with Crippen molar-refractivity contribution in [3.05, 3.63) is 42.7 Å². The Morgan fingerprint density at radius 3 is 2.55 bits per heavy atom. The average molecular weight is 271 g/mol. The first kappa shape index (κ1) is 14.6. The maximum absolute atomic E-state index is 4.39. The van der Waals surface area contributed by atoms with Crippen molar-refractivity contribution in [1.82, 2.24) is 9.55 Å². The number of hydrogen-bond donors (Lipinski definition) is 1. The normalized spacial score (nSPS) is 10.7. The predicted molar refractivity (Wildman–Crippen MR) is 85.3 cm³/mol. The minimum absolute atomic E-state index is 0.935. The average Bonchev–Trinajstić information content (AvgIpc) is 2.91. The minimum atomic E-state index is 0.935. The Morgan fingerprint density at radius 2 is 1.75 bits per heavy atom. The number of benzene rings is 1. The van der Waals surface area contributed by atoms with E-state index in [9.17, 15) is 0 Å². The van der Waals surface area contributed by atoms with E-state index in [0.717, 1.165) is 18.2 Å². The first-order valence-corrected chi connectivity index (χ1v) is 7.73. The maximum atomic E-state index is 4.39. The highest BCUT2D eigenvalue weighted by molar-refractivity contribution is 5.52. The fourth-order valence-electron chi connectivity index (χ4n) is 2.33. The fraction of sp³-hybridized carbons (Fsp3) is 0.471. The van der Waals surface area contributed by atoms with E-state index in [2.05, 4.69) is 40.1 Å². The largest absolute Gasteiger partial charge is 0.326 e. The quantitative estimate of drug-likeness (QED) is 0.651. The van der Waals surface area contributed by atoms with E-state index in [1.807, 2.05) is 24.4 Å². The summed E-state index contributed by atoms with van der Waals surface area (Å²) in [5, 5.41) is 3.37. The van der Waals surface area contributed by atoms with E-state index in [-0.39, 0.29) is 0 Å². The predicted octanol–water partition coefficient (Wildman–Crippen LogP) is 4.99. The van der Waals surface area contributed by atoms with Crippen molar-refractivity contribution >= 4 is 11.6 Å². The second-order valence-electron chi connectivity index (χ2n) is 5.20. The summed E-state index contributed by atoms with van der Waals surface area (Å²) in [6, 6.07) is 10.2. The number of aryl methyl sites for hydroxylation is 1. The Hall–Kier alpha value is -1.77. The molecule has 0 saturated heterocycles. The van der Waals surface area contributed by atoms with Crippen LogP contribution in [0.4, 0.5) is 11.6 Å². The minimum Gasteiger partial charge on any atom is -0.326 e. The highest BCUT2D eigenvalue weighted by atomic mass is 15.2. The number of unbranched alkanes of at least 4 members (excludes halogenated alkanes) is 5. The van der Waals surface area contributed by atoms with Gasteiger partial charge in [0.25, 0.3) is 0 Å². The number of hydrogen-bond acceptors (Lipinski definition) is 2. The van der Waals surface area contributed by atoms with Crippen LogP contribution in [0.15, 0.2) is 42.7 Å². The van der Waals surface area contributed by atoms with Gasteiger partial charge in [-0.15, -0.1) is 0 Å². The molecule has 3 heteroatoms. The highest BCUT2D eigenvalue weighted by Crippen LogP contribution is 2.15. The van der Waals surface area contributed by atoms with Crippen molar-refractivity contribution in [2.24, 2.45) is 0 Å². The smallest absolute Gasteiger partial charge is 0.207 e. The second kappa shape index (κ2) is 8.41. The van der Waals surface area contributed by atoms with Crippen LogP contribution in [0.3, 0.4) is 0 Å². The Bertz CT molecular complexity index is 476. The van der Waals surface area contributed by atoms with Gasteiger partial charge in [-0.25, -0.2) is 4.98 Å². The zero-order valence-electron chi connectivity index (χ0n) is 12.4. The summed E-state index contributed by atoms with van der Waals surface area (Å²) >= 11 is 0. The molecule has 1 aromatic carbocycles. The van der Waals surface area contributed by atoms with Gasteiger partial charge in [-0.1, -0.05) is 57.2 Å². The summed E-state index contributed by atoms with van der Waals surface area (Å²) in [4.78, 5) is 4.39. The summed E-state index contributed by atoms with van der Waals surface area (Å²) < 4.78 is 2.20. The molecule has 1 aromatic heterocycles. The molecule has 0 unspecified atom stereocenters. The van der Waals surface area contributed by atoms with Crippen LogP contribution >= 0.6 is 0 Å². The number of rotatable bonds is 9. The number of nitrogens with zero attached hydrogens (tertiary/aromatic N) is 2. The standard InChI is InChI=1S/C17H25N3/c1-2-3-4-5-6-10-14-20-15-13-18-17(20)19-16-11-8-7-9-12-16/h7-9,11-13,15H,2-6,10,14H2,1H3,(H,18,19). The van der Waals surface area contributed by atoms with Crippen LogP contribution in [0, 0.1) is 0 Å². The van der Waals surface area contributed by atoms with Gasteiger partial charge in [0.1, 0.15) is 0 Å². The first-order valence-electron chi connectivity index (χ1n) is 7.73. The molecular weight excluding hydrogens is 246 g/mol. The molecule has 0 atom stereocenters. The summed E-state index contributed by atoms with van der Waals surface area (Å²) in [5.74, 6) is 0.935. The molecule has 0 fully saturated rings. The molecule has 20 heavy (non-hydrogen) atoms. The zero-order chi connectivity index (χ0) is 14.0. The summed E-state index contributed by atoms with van der Waals surface area (Å²) in [6.07, 6.45) is 11.9. The van der Waals surface area contributed by atoms with Crippen molar-refractivity contribution < 1.29 is 0 Å². The Morgan fingerprint density at radius 1 is 1.00 bits per heavy atom. The topological polar surface area (TPSA) is 29.9 Å². The van der Waals surface area contributed by atoms with Crippen LogP contribution in [0.5, 0.6) is 0 Å². The van der Waals surface area contributed by atoms with Crippen LogP contribution in [0.1, 0.15) is 45.4 Å². The summed E-state index contributed by atoms with van der Waals surface area (Å²) in [6.45, 7) is 3.30. The van der Waals surface area contributed by atoms with Crippen molar-refractivity contribution in [2.45, 2.75) is 52.0 Å². The molecule has 0 bridgehead atoms. The van der Waals surface area contributed by atoms with Crippen molar-refractivity contribution in [3.8, 4) is 0 Å². The molecule has 0 aliphatic rings. The number of anilines is 2. The van der Waals surface area contributed by atoms with E-state index in [1.165, 1.54) is 38.5 Å². The van der Waals surface area contributed by atoms with Crippen LogP contribution in [-0.4, -0.2) is 9.55 Å². The van der Waals surface area contributed by atoms with E-state index in [1.54, 1.807) is 0 Å². The van der Waals surface area contributed by atoms with Gasteiger partial charge in [-0.05, 0) is 18.6 Å². The monoisotopic (exact) mass is 271 g/mol. The van der Waals surface area contributed by atoms with Crippen LogP contribution in [-0.2, 0) is 6.54 Å². The van der Waals surface area contributed by atoms with E-state index in [0.29, 0.717) is 0 Å². The fourth-order valence-corrected chi connectivity index (χ4v) is 2.33. The number of imidazole rings is 1. The molecule has 0 aliphatic heterocycles. The van der Waals surface area contributed by atoms with Gasteiger partial charge >= 0.3 is 0 Å². The summed E-state index contributed by atoms with van der Waals surface area (Å²) in [7, 11) is 0. The molecule has 0 spiro atoms. The summed E-state index contributed by atoms with van der Waals surface area (Å²) in [5.41, 5.74) is 1.09. The third kappa shape index (κ3) is 4.72. The van der Waals surface area contributed by atoms with Crippen molar-refractivity contribution in [1.29, 1.82) is 0 Å². The van der Waals surface area contributed by atoms with Gasteiger partial charge in [0, 0.05) is 24.6 Å². The van der Waals surface area contributed by atoms with E-state index in [4.69, 9.17) is 0 Å². The van der Waals surface area contributed by atoms with E-state index < -0.39 is 0 Å². The van der Waals surface area contributed by atoms with Crippen molar-refractivity contribution in [3.63, 3.8) is 0 Å². The SMILES string of the molecule is CCCCCCCCn1ccnc1Nc1ccccc1. The Labute approximate surface area is 122 Å². The van der Waals surface area contributed by atoms with Crippen LogP contribution in [0.2, 0.25) is 0 Å². The van der Waals surface area contributed by atoms with Gasteiger partial charge in [-0.2, -0.15) is 0 Å². The lowest BCUT2D eigenvalue weighted by Crippen LogP contribution is -2.03. The maximum Gasteiger partial charge on any atom is 0.207 e. The highest BCUT2D eigenvalue weighted by Gasteiger charge is 2.02. The molecule has 1 N–H and O–H groups in total. The zero-order valence-corrected chi connectivity index (χ0v) is 12.4.